The van der Waals surface area contributed by atoms with E-state index < -0.39 is 24.2 Å². The quantitative estimate of drug-likeness (QED) is 0.538. The van der Waals surface area contributed by atoms with Crippen molar-refractivity contribution in [3.63, 3.8) is 0 Å². The fourth-order valence-corrected chi connectivity index (χ4v) is 2.09. The molecule has 3 unspecified atom stereocenters. The molecule has 0 spiro atoms. The average molecular weight is 260 g/mol. The molecule has 1 saturated carbocycles. The van der Waals surface area contributed by atoms with Gasteiger partial charge in [0, 0.05) is 7.05 Å². The van der Waals surface area contributed by atoms with E-state index >= 15 is 0 Å². The van der Waals surface area contributed by atoms with Crippen LogP contribution in [-0.2, 0) is 4.79 Å². The van der Waals surface area contributed by atoms with E-state index in [4.69, 9.17) is 10.2 Å². The van der Waals surface area contributed by atoms with Gasteiger partial charge in [0.1, 0.15) is 0 Å². The molecule has 1 fully saturated rings. The molecule has 104 valence electrons. The van der Waals surface area contributed by atoms with E-state index in [0.29, 0.717) is 6.42 Å². The van der Waals surface area contributed by atoms with E-state index in [1.165, 1.54) is 4.90 Å². The van der Waals surface area contributed by atoms with Crippen LogP contribution in [0.1, 0.15) is 25.7 Å². The van der Waals surface area contributed by atoms with Gasteiger partial charge in [0.25, 0.3) is 0 Å². The lowest BCUT2D eigenvalue weighted by Crippen LogP contribution is -2.51. The largest absolute Gasteiger partial charge is 0.479 e. The van der Waals surface area contributed by atoms with Crippen molar-refractivity contribution in [2.24, 2.45) is 0 Å². The minimum Gasteiger partial charge on any atom is -0.479 e. The molecule has 0 aromatic rings. The van der Waals surface area contributed by atoms with E-state index in [-0.39, 0.29) is 12.6 Å². The molecule has 0 bridgehead atoms. The van der Waals surface area contributed by atoms with Crippen LogP contribution in [0.3, 0.4) is 0 Å². The Labute approximate surface area is 105 Å². The molecule has 0 heterocycles. The van der Waals surface area contributed by atoms with Crippen LogP contribution in [0.5, 0.6) is 0 Å². The van der Waals surface area contributed by atoms with Crippen LogP contribution in [0.4, 0.5) is 4.79 Å². The average Bonchev–Trinajstić information content (AvgIpc) is 2.35. The van der Waals surface area contributed by atoms with E-state index in [0.717, 1.165) is 19.3 Å². The fourth-order valence-electron chi connectivity index (χ4n) is 2.09. The minimum absolute atomic E-state index is 0.249. The Kier molecular flexibility index (Phi) is 5.36. The lowest BCUT2D eigenvalue weighted by Gasteiger charge is -2.35. The zero-order chi connectivity index (χ0) is 13.7. The Morgan fingerprint density at radius 1 is 1.39 bits per heavy atom. The number of amides is 2. The maximum Gasteiger partial charge on any atom is 0.334 e. The summed E-state index contributed by atoms with van der Waals surface area (Å²) in [6.45, 7) is -0.346. The van der Waals surface area contributed by atoms with Crippen LogP contribution in [-0.4, -0.2) is 64.1 Å². The van der Waals surface area contributed by atoms with Gasteiger partial charge in [-0.1, -0.05) is 12.8 Å². The third-order valence-corrected chi connectivity index (χ3v) is 3.24. The predicted molar refractivity (Wildman–Crippen MR) is 63.1 cm³/mol. The molecule has 0 aromatic heterocycles. The van der Waals surface area contributed by atoms with Crippen molar-refractivity contribution in [1.29, 1.82) is 0 Å². The number of hydrogen-bond acceptors (Lipinski definition) is 4. The number of carboxylic acid groups (broad SMARTS) is 1. The molecule has 7 heteroatoms. The number of carbonyl (C=O) groups excluding carboxylic acids is 1. The standard InChI is InChI=1S/C11H20N2O5/c1-13(7-4-2-3-5-8(7)14)11(18)12-6-9(15)10(16)17/h7-9,14-15H,2-6H2,1H3,(H,12,18)(H,16,17). The Morgan fingerprint density at radius 3 is 2.56 bits per heavy atom. The van der Waals surface area contributed by atoms with Gasteiger partial charge in [-0.15, -0.1) is 0 Å². The zero-order valence-electron chi connectivity index (χ0n) is 10.4. The first-order chi connectivity index (χ1) is 8.43. The molecule has 1 aliphatic carbocycles. The number of rotatable bonds is 4. The van der Waals surface area contributed by atoms with E-state index in [9.17, 15) is 14.7 Å². The van der Waals surface area contributed by atoms with Gasteiger partial charge in [0.2, 0.25) is 0 Å². The van der Waals surface area contributed by atoms with Gasteiger partial charge >= 0.3 is 12.0 Å². The molecule has 18 heavy (non-hydrogen) atoms. The number of carboxylic acids is 1. The second kappa shape index (κ2) is 6.55. The monoisotopic (exact) mass is 260 g/mol. The Bertz CT molecular complexity index is 310. The van der Waals surface area contributed by atoms with Gasteiger partial charge in [0.05, 0.1) is 18.7 Å². The number of carbonyl (C=O) groups is 2. The second-order valence-corrected chi connectivity index (χ2v) is 4.57. The summed E-state index contributed by atoms with van der Waals surface area (Å²) in [4.78, 5) is 23.5. The maximum absolute atomic E-state index is 11.7. The van der Waals surface area contributed by atoms with Gasteiger partial charge in [-0.05, 0) is 12.8 Å². The molecule has 4 N–H and O–H groups in total. The van der Waals surface area contributed by atoms with Crippen molar-refractivity contribution in [1.82, 2.24) is 10.2 Å². The van der Waals surface area contributed by atoms with Crippen molar-refractivity contribution < 1.29 is 24.9 Å². The highest BCUT2D eigenvalue weighted by Crippen LogP contribution is 2.22. The van der Waals surface area contributed by atoms with Crippen LogP contribution >= 0.6 is 0 Å². The van der Waals surface area contributed by atoms with E-state index in [1.54, 1.807) is 7.05 Å². The number of hydrogen-bond donors (Lipinski definition) is 4. The second-order valence-electron chi connectivity index (χ2n) is 4.57. The smallest absolute Gasteiger partial charge is 0.334 e. The third kappa shape index (κ3) is 3.85. The van der Waals surface area contributed by atoms with Gasteiger partial charge in [-0.2, -0.15) is 0 Å². The van der Waals surface area contributed by atoms with E-state index in [1.807, 2.05) is 0 Å². The van der Waals surface area contributed by atoms with Crippen LogP contribution in [0, 0.1) is 0 Å². The normalized spacial score (nSPS) is 25.3. The molecule has 0 radical (unpaired) electrons. The van der Waals surface area contributed by atoms with Gasteiger partial charge in [0.15, 0.2) is 6.10 Å². The molecule has 1 rings (SSSR count). The summed E-state index contributed by atoms with van der Waals surface area (Å²) < 4.78 is 0. The number of urea groups is 1. The number of aliphatic carboxylic acids is 1. The van der Waals surface area contributed by atoms with Crippen molar-refractivity contribution in [3.05, 3.63) is 0 Å². The Morgan fingerprint density at radius 2 is 2.00 bits per heavy atom. The molecular weight excluding hydrogens is 240 g/mol. The highest BCUT2D eigenvalue weighted by atomic mass is 16.4. The number of likely N-dealkylation sites (N-methyl/N-ethyl adjacent to an activating group) is 1. The molecule has 2 amide bonds. The maximum atomic E-state index is 11.7. The van der Waals surface area contributed by atoms with Crippen LogP contribution in [0.2, 0.25) is 0 Å². The first kappa shape index (κ1) is 14.7. The van der Waals surface area contributed by atoms with E-state index in [2.05, 4.69) is 5.32 Å². The Balaban J connectivity index is 2.43. The van der Waals surface area contributed by atoms with Gasteiger partial charge in [-0.25, -0.2) is 9.59 Å². The summed E-state index contributed by atoms with van der Waals surface area (Å²) >= 11 is 0. The summed E-state index contributed by atoms with van der Waals surface area (Å²) in [5.41, 5.74) is 0. The molecule has 0 saturated heterocycles. The molecular formula is C11H20N2O5. The van der Waals surface area contributed by atoms with Crippen molar-refractivity contribution in [2.45, 2.75) is 43.9 Å². The van der Waals surface area contributed by atoms with Crippen LogP contribution in [0.25, 0.3) is 0 Å². The fraction of sp³-hybridized carbons (Fsp3) is 0.818. The number of aliphatic hydroxyl groups excluding tert-OH is 2. The molecule has 7 nitrogen and oxygen atoms in total. The summed E-state index contributed by atoms with van der Waals surface area (Å²) in [5, 5.41) is 29.6. The number of aliphatic hydroxyl groups is 2. The predicted octanol–water partition coefficient (Wildman–Crippen LogP) is -0.623. The highest BCUT2D eigenvalue weighted by molar-refractivity contribution is 5.76. The highest BCUT2D eigenvalue weighted by Gasteiger charge is 2.29. The van der Waals surface area contributed by atoms with Crippen LogP contribution in [0.15, 0.2) is 0 Å². The van der Waals surface area contributed by atoms with Crippen molar-refractivity contribution >= 4 is 12.0 Å². The molecule has 1 aliphatic rings. The number of nitrogens with one attached hydrogen (secondary N) is 1. The lowest BCUT2D eigenvalue weighted by molar-refractivity contribution is -0.146. The SMILES string of the molecule is CN(C(=O)NCC(O)C(=O)O)C1CCCCC1O. The Hall–Kier alpha value is -1.34. The molecule has 3 atom stereocenters. The lowest BCUT2D eigenvalue weighted by atomic mass is 9.92. The van der Waals surface area contributed by atoms with Gasteiger partial charge < -0.3 is 25.5 Å². The summed E-state index contributed by atoms with van der Waals surface area (Å²) in [5.74, 6) is -1.38. The summed E-state index contributed by atoms with van der Waals surface area (Å²) in [6, 6.07) is -0.734. The summed E-state index contributed by atoms with van der Waals surface area (Å²) in [7, 11) is 1.56. The zero-order valence-corrected chi connectivity index (χ0v) is 10.4. The van der Waals surface area contributed by atoms with Crippen molar-refractivity contribution in [2.75, 3.05) is 13.6 Å². The molecule has 0 aliphatic heterocycles. The topological polar surface area (TPSA) is 110 Å². The van der Waals surface area contributed by atoms with Crippen molar-refractivity contribution in [3.8, 4) is 0 Å². The first-order valence-corrected chi connectivity index (χ1v) is 6.03. The van der Waals surface area contributed by atoms with Gasteiger partial charge in [-0.3, -0.25) is 0 Å². The molecule has 0 aromatic carbocycles. The summed E-state index contributed by atoms with van der Waals surface area (Å²) in [6.07, 6.45) is 1.15. The third-order valence-electron chi connectivity index (χ3n) is 3.24. The van der Waals surface area contributed by atoms with Crippen LogP contribution < -0.4 is 5.32 Å². The minimum atomic E-state index is -1.61. The first-order valence-electron chi connectivity index (χ1n) is 6.03. The number of nitrogens with zero attached hydrogens (tertiary/aromatic N) is 1.